The van der Waals surface area contributed by atoms with Crippen LogP contribution in [0.2, 0.25) is 0 Å². The Morgan fingerprint density at radius 2 is 2.06 bits per heavy atom. The van der Waals surface area contributed by atoms with Crippen LogP contribution in [0.4, 0.5) is 5.69 Å². The lowest BCUT2D eigenvalue weighted by atomic mass is 9.97. The summed E-state index contributed by atoms with van der Waals surface area (Å²) in [6, 6.07) is 7.71. The number of fused-ring (bicyclic) bond motifs is 1. The van der Waals surface area contributed by atoms with Gasteiger partial charge in [0.15, 0.2) is 0 Å². The van der Waals surface area contributed by atoms with Crippen molar-refractivity contribution < 1.29 is 0 Å². The molecule has 2 aliphatic rings. The Kier molecular flexibility index (Phi) is 3.55. The van der Waals surface area contributed by atoms with E-state index in [2.05, 4.69) is 35.3 Å². The van der Waals surface area contributed by atoms with E-state index in [9.17, 15) is 0 Å². The molecule has 0 bridgehead atoms. The smallest absolute Gasteiger partial charge is 0.0372 e. The molecule has 1 aromatic carbocycles. The molecule has 0 amide bonds. The number of likely N-dealkylation sites (tertiary alicyclic amines) is 1. The summed E-state index contributed by atoms with van der Waals surface area (Å²) in [5, 5.41) is 3.49. The first-order valence-electron chi connectivity index (χ1n) is 7.42. The van der Waals surface area contributed by atoms with Crippen molar-refractivity contribution in [2.75, 3.05) is 25.0 Å². The molecule has 18 heavy (non-hydrogen) atoms. The second kappa shape index (κ2) is 5.31. The number of hydrogen-bond acceptors (Lipinski definition) is 2. The summed E-state index contributed by atoms with van der Waals surface area (Å²) in [6.45, 7) is 6.11. The van der Waals surface area contributed by atoms with E-state index in [1.165, 1.54) is 62.0 Å². The van der Waals surface area contributed by atoms with Crippen LogP contribution in [0.1, 0.15) is 37.3 Å². The molecule has 1 unspecified atom stereocenters. The maximum absolute atomic E-state index is 3.49. The normalized spacial score (nSPS) is 21.4. The largest absolute Gasteiger partial charge is 0.385 e. The van der Waals surface area contributed by atoms with Crippen LogP contribution in [0.3, 0.4) is 0 Å². The fourth-order valence-electron chi connectivity index (χ4n) is 3.31. The molecule has 1 aromatic rings. The molecule has 2 heteroatoms. The molecule has 0 saturated carbocycles. The van der Waals surface area contributed by atoms with Gasteiger partial charge in [-0.15, -0.1) is 0 Å². The van der Waals surface area contributed by atoms with Gasteiger partial charge in [-0.2, -0.15) is 0 Å². The minimum absolute atomic E-state index is 0.696. The van der Waals surface area contributed by atoms with Crippen LogP contribution in [0.15, 0.2) is 18.2 Å². The maximum atomic E-state index is 3.49. The van der Waals surface area contributed by atoms with Crippen LogP contribution in [0.25, 0.3) is 0 Å². The molecular weight excluding hydrogens is 220 g/mol. The van der Waals surface area contributed by atoms with E-state index >= 15 is 0 Å². The first-order valence-corrected chi connectivity index (χ1v) is 7.42. The first-order chi connectivity index (χ1) is 8.83. The van der Waals surface area contributed by atoms with Crippen molar-refractivity contribution in [3.63, 3.8) is 0 Å². The maximum Gasteiger partial charge on any atom is 0.0372 e. The van der Waals surface area contributed by atoms with Crippen molar-refractivity contribution in [3.8, 4) is 0 Å². The van der Waals surface area contributed by atoms with Crippen molar-refractivity contribution in [2.24, 2.45) is 0 Å². The topological polar surface area (TPSA) is 15.3 Å². The summed E-state index contributed by atoms with van der Waals surface area (Å²) in [7, 11) is 0. The van der Waals surface area contributed by atoms with E-state index in [1.54, 1.807) is 0 Å². The summed E-state index contributed by atoms with van der Waals surface area (Å²) in [4.78, 5) is 2.64. The van der Waals surface area contributed by atoms with Gasteiger partial charge < -0.3 is 10.2 Å². The van der Waals surface area contributed by atoms with Crippen LogP contribution in [0.5, 0.6) is 0 Å². The fourth-order valence-corrected chi connectivity index (χ4v) is 3.31. The molecule has 1 atom stereocenters. The molecule has 0 aromatic heterocycles. The number of nitrogens with zero attached hydrogens (tertiary/aromatic N) is 1. The van der Waals surface area contributed by atoms with Gasteiger partial charge in [-0.25, -0.2) is 0 Å². The van der Waals surface area contributed by atoms with E-state index in [1.807, 2.05) is 0 Å². The highest BCUT2D eigenvalue weighted by Gasteiger charge is 2.18. The second-order valence-electron chi connectivity index (χ2n) is 5.82. The van der Waals surface area contributed by atoms with Gasteiger partial charge in [0, 0.05) is 18.3 Å². The summed E-state index contributed by atoms with van der Waals surface area (Å²) in [5.41, 5.74) is 4.39. The summed E-state index contributed by atoms with van der Waals surface area (Å²) < 4.78 is 0. The molecule has 0 radical (unpaired) electrons. The monoisotopic (exact) mass is 244 g/mol. The number of benzene rings is 1. The van der Waals surface area contributed by atoms with Gasteiger partial charge in [0.1, 0.15) is 0 Å². The van der Waals surface area contributed by atoms with Crippen LogP contribution in [-0.2, 0) is 12.8 Å². The molecule has 1 saturated heterocycles. The molecule has 1 fully saturated rings. The quantitative estimate of drug-likeness (QED) is 0.879. The summed E-state index contributed by atoms with van der Waals surface area (Å²) in [6.07, 6.45) is 6.50. The molecule has 0 spiro atoms. The Bertz CT molecular complexity index is 408. The lowest BCUT2D eigenvalue weighted by Gasteiger charge is -2.25. The molecule has 0 aliphatic carbocycles. The molecular formula is C16H24N2. The summed E-state index contributed by atoms with van der Waals surface area (Å²) in [5.74, 6) is 0. The van der Waals surface area contributed by atoms with Crippen molar-refractivity contribution in [1.82, 2.24) is 4.90 Å². The Hall–Kier alpha value is -1.02. The number of anilines is 1. The van der Waals surface area contributed by atoms with Crippen LogP contribution >= 0.6 is 0 Å². The highest BCUT2D eigenvalue weighted by atomic mass is 15.2. The van der Waals surface area contributed by atoms with E-state index in [0.29, 0.717) is 6.04 Å². The van der Waals surface area contributed by atoms with Gasteiger partial charge in [-0.1, -0.05) is 12.1 Å². The van der Waals surface area contributed by atoms with Gasteiger partial charge in [-0.3, -0.25) is 0 Å². The molecule has 2 heterocycles. The number of aryl methyl sites for hydroxylation is 1. The standard InChI is InChI=1S/C16H24N2/c1-13(18-9-2-3-10-18)11-14-6-7-16-15(12-14)5-4-8-17-16/h6-7,12-13,17H,2-5,8-11H2,1H3. The molecule has 2 nitrogen and oxygen atoms in total. The van der Waals surface area contributed by atoms with Gasteiger partial charge >= 0.3 is 0 Å². The molecule has 98 valence electrons. The van der Waals surface area contributed by atoms with Gasteiger partial charge in [-0.05, 0) is 69.3 Å². The van der Waals surface area contributed by atoms with Crippen molar-refractivity contribution in [1.29, 1.82) is 0 Å². The van der Waals surface area contributed by atoms with Gasteiger partial charge in [0.2, 0.25) is 0 Å². The van der Waals surface area contributed by atoms with Crippen molar-refractivity contribution in [2.45, 2.75) is 45.1 Å². The number of rotatable bonds is 3. The number of nitrogens with one attached hydrogen (secondary N) is 1. The first kappa shape index (κ1) is 12.0. The lowest BCUT2D eigenvalue weighted by Crippen LogP contribution is -2.31. The third kappa shape index (κ3) is 2.54. The third-order valence-corrected chi connectivity index (χ3v) is 4.40. The molecule has 3 rings (SSSR count). The molecule has 1 N–H and O–H groups in total. The number of hydrogen-bond donors (Lipinski definition) is 1. The Morgan fingerprint density at radius 3 is 2.89 bits per heavy atom. The van der Waals surface area contributed by atoms with Gasteiger partial charge in [0.05, 0.1) is 0 Å². The van der Waals surface area contributed by atoms with Crippen LogP contribution < -0.4 is 5.32 Å². The van der Waals surface area contributed by atoms with E-state index in [0.717, 1.165) is 6.54 Å². The van der Waals surface area contributed by atoms with E-state index in [4.69, 9.17) is 0 Å². The van der Waals surface area contributed by atoms with Crippen molar-refractivity contribution >= 4 is 5.69 Å². The zero-order valence-electron chi connectivity index (χ0n) is 11.4. The van der Waals surface area contributed by atoms with E-state index in [-0.39, 0.29) is 0 Å². The Labute approximate surface area is 110 Å². The average Bonchev–Trinajstić information content (AvgIpc) is 2.92. The summed E-state index contributed by atoms with van der Waals surface area (Å²) >= 11 is 0. The van der Waals surface area contributed by atoms with E-state index < -0.39 is 0 Å². The minimum atomic E-state index is 0.696. The average molecular weight is 244 g/mol. The Morgan fingerprint density at radius 1 is 1.22 bits per heavy atom. The zero-order chi connectivity index (χ0) is 12.4. The van der Waals surface area contributed by atoms with Crippen molar-refractivity contribution in [3.05, 3.63) is 29.3 Å². The fraction of sp³-hybridized carbons (Fsp3) is 0.625. The van der Waals surface area contributed by atoms with Crippen LogP contribution in [-0.4, -0.2) is 30.6 Å². The third-order valence-electron chi connectivity index (χ3n) is 4.40. The SMILES string of the molecule is CC(Cc1ccc2c(c1)CCCN2)N1CCCC1. The lowest BCUT2D eigenvalue weighted by molar-refractivity contribution is 0.257. The highest BCUT2D eigenvalue weighted by molar-refractivity contribution is 5.54. The zero-order valence-corrected chi connectivity index (χ0v) is 11.4. The predicted octanol–water partition coefficient (Wildman–Crippen LogP) is 3.07. The highest BCUT2D eigenvalue weighted by Crippen LogP contribution is 2.24. The van der Waals surface area contributed by atoms with Gasteiger partial charge in [0.25, 0.3) is 0 Å². The van der Waals surface area contributed by atoms with Crippen LogP contribution in [0, 0.1) is 0 Å². The predicted molar refractivity (Wildman–Crippen MR) is 77.2 cm³/mol. The molecule has 2 aliphatic heterocycles. The second-order valence-corrected chi connectivity index (χ2v) is 5.82. The Balaban J connectivity index is 1.68. The minimum Gasteiger partial charge on any atom is -0.385 e.